The van der Waals surface area contributed by atoms with Gasteiger partial charge < -0.3 is 11.1 Å². The summed E-state index contributed by atoms with van der Waals surface area (Å²) in [5.74, 6) is -0.122. The lowest BCUT2D eigenvalue weighted by atomic mass is 10.0. The first-order chi connectivity index (χ1) is 11.3. The molecule has 0 unspecified atom stereocenters. The van der Waals surface area contributed by atoms with Gasteiger partial charge in [0.2, 0.25) is 0 Å². The Hall–Kier alpha value is -2.91. The fourth-order valence-corrected chi connectivity index (χ4v) is 2.40. The number of rotatable bonds is 4. The molecule has 0 fully saturated rings. The van der Waals surface area contributed by atoms with Gasteiger partial charge in [-0.2, -0.15) is 0 Å². The third-order valence-corrected chi connectivity index (χ3v) is 3.68. The Kier molecular flexibility index (Phi) is 4.50. The minimum atomic E-state index is -0.122. The van der Waals surface area contributed by atoms with E-state index >= 15 is 0 Å². The zero-order valence-electron chi connectivity index (χ0n) is 12.7. The van der Waals surface area contributed by atoms with Crippen molar-refractivity contribution >= 4 is 11.6 Å². The highest BCUT2D eigenvalue weighted by molar-refractivity contribution is 6.04. The van der Waals surface area contributed by atoms with Gasteiger partial charge in [-0.05, 0) is 41.0 Å². The molecular formula is C20H18N2O. The molecule has 3 rings (SSSR count). The van der Waals surface area contributed by atoms with Crippen molar-refractivity contribution in [3.8, 4) is 11.1 Å². The largest absolute Gasteiger partial charge is 0.326 e. The van der Waals surface area contributed by atoms with Crippen LogP contribution in [0.25, 0.3) is 11.1 Å². The summed E-state index contributed by atoms with van der Waals surface area (Å²) in [7, 11) is 0. The van der Waals surface area contributed by atoms with Crippen molar-refractivity contribution in [3.63, 3.8) is 0 Å². The summed E-state index contributed by atoms with van der Waals surface area (Å²) in [5, 5.41) is 2.91. The molecule has 0 saturated heterocycles. The molecule has 0 heterocycles. The van der Waals surface area contributed by atoms with Crippen LogP contribution in [0, 0.1) is 0 Å². The van der Waals surface area contributed by atoms with Gasteiger partial charge in [0.15, 0.2) is 0 Å². The van der Waals surface area contributed by atoms with E-state index in [1.165, 1.54) is 0 Å². The van der Waals surface area contributed by atoms with E-state index in [0.29, 0.717) is 12.1 Å². The average Bonchev–Trinajstić information content (AvgIpc) is 2.63. The van der Waals surface area contributed by atoms with Crippen LogP contribution in [0.1, 0.15) is 15.9 Å². The number of anilines is 1. The molecule has 3 aromatic carbocycles. The number of hydrogen-bond acceptors (Lipinski definition) is 2. The van der Waals surface area contributed by atoms with Crippen molar-refractivity contribution < 1.29 is 4.79 Å². The highest BCUT2D eigenvalue weighted by atomic mass is 16.1. The van der Waals surface area contributed by atoms with Crippen molar-refractivity contribution in [2.24, 2.45) is 5.73 Å². The van der Waals surface area contributed by atoms with Crippen molar-refractivity contribution in [3.05, 3.63) is 90.0 Å². The summed E-state index contributed by atoms with van der Waals surface area (Å²) in [6.45, 7) is 0.493. The molecule has 0 aliphatic carbocycles. The first kappa shape index (κ1) is 15.0. The summed E-state index contributed by atoms with van der Waals surface area (Å²) in [6, 6.07) is 25.2. The van der Waals surface area contributed by atoms with Crippen LogP contribution in [-0.2, 0) is 6.54 Å². The van der Waals surface area contributed by atoms with Gasteiger partial charge in [-0.15, -0.1) is 0 Å². The number of nitrogens with two attached hydrogens (primary N) is 1. The highest BCUT2D eigenvalue weighted by Crippen LogP contribution is 2.20. The number of hydrogen-bond donors (Lipinski definition) is 2. The number of carbonyl (C=O) groups is 1. The molecule has 0 aliphatic heterocycles. The molecular weight excluding hydrogens is 284 g/mol. The Morgan fingerprint density at radius 1 is 0.826 bits per heavy atom. The maximum Gasteiger partial charge on any atom is 0.255 e. The molecule has 0 spiro atoms. The molecule has 3 nitrogen and oxygen atoms in total. The normalized spacial score (nSPS) is 10.3. The molecule has 1 amide bonds. The monoisotopic (exact) mass is 302 g/mol. The number of nitrogens with one attached hydrogen (secondary N) is 1. The van der Waals surface area contributed by atoms with E-state index in [9.17, 15) is 4.79 Å². The second-order valence-electron chi connectivity index (χ2n) is 5.30. The molecule has 0 aliphatic rings. The van der Waals surface area contributed by atoms with Gasteiger partial charge in [-0.1, -0.05) is 54.6 Å². The summed E-state index contributed by atoms with van der Waals surface area (Å²) in [4.78, 5) is 12.4. The van der Waals surface area contributed by atoms with E-state index < -0.39 is 0 Å². The summed E-state index contributed by atoms with van der Waals surface area (Å²) in [6.07, 6.45) is 0. The molecule has 114 valence electrons. The van der Waals surface area contributed by atoms with Crippen LogP contribution in [-0.4, -0.2) is 5.91 Å². The lowest BCUT2D eigenvalue weighted by Crippen LogP contribution is -2.12. The Balaban J connectivity index is 1.79. The van der Waals surface area contributed by atoms with Gasteiger partial charge in [0.1, 0.15) is 0 Å². The van der Waals surface area contributed by atoms with Gasteiger partial charge in [-0.3, -0.25) is 4.79 Å². The number of carbonyl (C=O) groups excluding carboxylic acids is 1. The summed E-state index contributed by atoms with van der Waals surface area (Å²) >= 11 is 0. The van der Waals surface area contributed by atoms with Crippen LogP contribution in [0.3, 0.4) is 0 Å². The Labute approximate surface area is 135 Å². The van der Waals surface area contributed by atoms with Gasteiger partial charge in [-0.25, -0.2) is 0 Å². The van der Waals surface area contributed by atoms with E-state index in [-0.39, 0.29) is 5.91 Å². The SMILES string of the molecule is NCc1ccc(NC(=O)c2cccc(-c3ccccc3)c2)cc1. The molecule has 3 heteroatoms. The smallest absolute Gasteiger partial charge is 0.255 e. The third-order valence-electron chi connectivity index (χ3n) is 3.68. The van der Waals surface area contributed by atoms with Crippen LogP contribution in [0.2, 0.25) is 0 Å². The van der Waals surface area contributed by atoms with Crippen LogP contribution >= 0.6 is 0 Å². The summed E-state index contributed by atoms with van der Waals surface area (Å²) in [5.41, 5.74) is 10.1. The predicted octanol–water partition coefficient (Wildman–Crippen LogP) is 4.06. The Morgan fingerprint density at radius 3 is 2.22 bits per heavy atom. The van der Waals surface area contributed by atoms with Crippen molar-refractivity contribution in [2.45, 2.75) is 6.54 Å². The highest BCUT2D eigenvalue weighted by Gasteiger charge is 2.07. The Morgan fingerprint density at radius 2 is 1.52 bits per heavy atom. The molecule has 3 aromatic rings. The van der Waals surface area contributed by atoms with E-state index in [2.05, 4.69) is 5.32 Å². The van der Waals surface area contributed by atoms with E-state index in [1.807, 2.05) is 78.9 Å². The van der Waals surface area contributed by atoms with Gasteiger partial charge in [0.05, 0.1) is 0 Å². The minimum absolute atomic E-state index is 0.122. The van der Waals surface area contributed by atoms with Crippen LogP contribution < -0.4 is 11.1 Å². The van der Waals surface area contributed by atoms with Crippen molar-refractivity contribution in [1.29, 1.82) is 0 Å². The first-order valence-electron chi connectivity index (χ1n) is 7.52. The number of amides is 1. The zero-order valence-corrected chi connectivity index (χ0v) is 12.7. The van der Waals surface area contributed by atoms with Gasteiger partial charge >= 0.3 is 0 Å². The number of benzene rings is 3. The van der Waals surface area contributed by atoms with Crippen LogP contribution in [0.5, 0.6) is 0 Å². The first-order valence-corrected chi connectivity index (χ1v) is 7.52. The molecule has 0 aromatic heterocycles. The fourth-order valence-electron chi connectivity index (χ4n) is 2.40. The standard InChI is InChI=1S/C20H18N2O/c21-14-15-9-11-19(12-10-15)22-20(23)18-8-4-7-17(13-18)16-5-2-1-3-6-16/h1-13H,14,21H2,(H,22,23). The fraction of sp³-hybridized carbons (Fsp3) is 0.0500. The van der Waals surface area contributed by atoms with E-state index in [4.69, 9.17) is 5.73 Å². The second kappa shape index (κ2) is 6.90. The molecule has 0 saturated carbocycles. The molecule has 0 radical (unpaired) electrons. The Bertz CT molecular complexity index is 795. The lowest BCUT2D eigenvalue weighted by molar-refractivity contribution is 0.102. The van der Waals surface area contributed by atoms with E-state index in [0.717, 1.165) is 22.4 Å². The van der Waals surface area contributed by atoms with Crippen LogP contribution in [0.4, 0.5) is 5.69 Å². The molecule has 0 atom stereocenters. The lowest BCUT2D eigenvalue weighted by Gasteiger charge is -2.08. The van der Waals surface area contributed by atoms with Gasteiger partial charge in [0.25, 0.3) is 5.91 Å². The molecule has 3 N–H and O–H groups in total. The average molecular weight is 302 g/mol. The third kappa shape index (κ3) is 3.65. The minimum Gasteiger partial charge on any atom is -0.326 e. The predicted molar refractivity (Wildman–Crippen MR) is 94.2 cm³/mol. The van der Waals surface area contributed by atoms with E-state index in [1.54, 1.807) is 0 Å². The van der Waals surface area contributed by atoms with Crippen molar-refractivity contribution in [2.75, 3.05) is 5.32 Å². The maximum absolute atomic E-state index is 12.4. The topological polar surface area (TPSA) is 55.1 Å². The van der Waals surface area contributed by atoms with Crippen LogP contribution in [0.15, 0.2) is 78.9 Å². The quantitative estimate of drug-likeness (QED) is 0.763. The molecule has 0 bridgehead atoms. The summed E-state index contributed by atoms with van der Waals surface area (Å²) < 4.78 is 0. The van der Waals surface area contributed by atoms with Gasteiger partial charge in [0, 0.05) is 17.8 Å². The molecule has 23 heavy (non-hydrogen) atoms. The maximum atomic E-state index is 12.4. The van der Waals surface area contributed by atoms with Crippen molar-refractivity contribution in [1.82, 2.24) is 0 Å². The second-order valence-corrected chi connectivity index (χ2v) is 5.30. The zero-order chi connectivity index (χ0) is 16.1.